The first-order valence-electron chi connectivity index (χ1n) is 10.8. The molecule has 0 aromatic heterocycles. The number of hydrogen-bond donors (Lipinski definition) is 0. The molecule has 2 saturated carbocycles. The highest BCUT2D eigenvalue weighted by Gasteiger charge is 2.59. The molecule has 0 saturated heterocycles. The van der Waals surface area contributed by atoms with E-state index < -0.39 is 11.2 Å². The first-order valence-corrected chi connectivity index (χ1v) is 10.8. The minimum Gasteiger partial charge on any atom is -0.459 e. The summed E-state index contributed by atoms with van der Waals surface area (Å²) in [5.74, 6) is 0.316. The number of ether oxygens (including phenoxy) is 2. The first kappa shape index (κ1) is 23.0. The van der Waals surface area contributed by atoms with Gasteiger partial charge in [0.25, 0.3) is 0 Å². The summed E-state index contributed by atoms with van der Waals surface area (Å²) < 4.78 is 11.6. The molecule has 4 heteroatoms. The molecule has 28 heavy (non-hydrogen) atoms. The molecule has 0 aromatic carbocycles. The third-order valence-corrected chi connectivity index (χ3v) is 7.85. The minimum absolute atomic E-state index is 0.0997. The van der Waals surface area contributed by atoms with Crippen LogP contribution in [0, 0.1) is 22.7 Å². The largest absolute Gasteiger partial charge is 0.459 e. The van der Waals surface area contributed by atoms with E-state index >= 15 is 0 Å². The SMILES string of the molecule is C=C[C@@](C)(CC[C@H]1[C@]2(C)CCCC(C)(C)[C@H]2CC[C@]1(C)OC(C)=O)OC(C)=O. The van der Waals surface area contributed by atoms with Crippen molar-refractivity contribution < 1.29 is 19.1 Å². The molecule has 0 N–H and O–H groups in total. The monoisotopic (exact) mass is 392 g/mol. The van der Waals surface area contributed by atoms with Gasteiger partial charge in [0.05, 0.1) is 0 Å². The molecule has 160 valence electrons. The van der Waals surface area contributed by atoms with Gasteiger partial charge in [-0.2, -0.15) is 0 Å². The van der Waals surface area contributed by atoms with E-state index in [4.69, 9.17) is 9.47 Å². The normalized spacial score (nSPS) is 36.5. The van der Waals surface area contributed by atoms with Crippen LogP contribution in [0.5, 0.6) is 0 Å². The molecule has 2 aliphatic carbocycles. The van der Waals surface area contributed by atoms with E-state index in [-0.39, 0.29) is 23.3 Å². The van der Waals surface area contributed by atoms with Gasteiger partial charge in [0, 0.05) is 19.8 Å². The summed E-state index contributed by atoms with van der Waals surface area (Å²) in [7, 11) is 0. The lowest BCUT2D eigenvalue weighted by Crippen LogP contribution is -2.59. The molecule has 2 aliphatic rings. The van der Waals surface area contributed by atoms with E-state index in [0.29, 0.717) is 17.8 Å². The zero-order valence-electron chi connectivity index (χ0n) is 19.0. The fourth-order valence-electron chi connectivity index (χ4n) is 6.65. The van der Waals surface area contributed by atoms with E-state index in [9.17, 15) is 9.59 Å². The highest BCUT2D eigenvalue weighted by Crippen LogP contribution is 2.63. The van der Waals surface area contributed by atoms with Gasteiger partial charge in [0.15, 0.2) is 0 Å². The third kappa shape index (κ3) is 4.46. The molecule has 5 atom stereocenters. The summed E-state index contributed by atoms with van der Waals surface area (Å²) in [5, 5.41) is 0. The van der Waals surface area contributed by atoms with Crippen molar-refractivity contribution in [1.82, 2.24) is 0 Å². The topological polar surface area (TPSA) is 52.6 Å². The van der Waals surface area contributed by atoms with E-state index in [1.807, 2.05) is 6.92 Å². The van der Waals surface area contributed by atoms with Crippen LogP contribution >= 0.6 is 0 Å². The second kappa shape index (κ2) is 7.84. The summed E-state index contributed by atoms with van der Waals surface area (Å²) in [6.45, 7) is 18.1. The Bertz CT molecular complexity index is 624. The van der Waals surface area contributed by atoms with Crippen molar-refractivity contribution in [2.45, 2.75) is 105 Å². The predicted molar refractivity (Wildman–Crippen MR) is 112 cm³/mol. The molecule has 4 nitrogen and oxygen atoms in total. The fourth-order valence-corrected chi connectivity index (χ4v) is 6.65. The second-order valence-corrected chi connectivity index (χ2v) is 10.5. The number of hydrogen-bond acceptors (Lipinski definition) is 4. The highest BCUT2D eigenvalue weighted by molar-refractivity contribution is 5.67. The molecular weight excluding hydrogens is 352 g/mol. The molecule has 0 aromatic rings. The highest BCUT2D eigenvalue weighted by atomic mass is 16.6. The molecule has 0 aliphatic heterocycles. The van der Waals surface area contributed by atoms with Crippen LogP contribution in [0.15, 0.2) is 12.7 Å². The Labute approximate surface area is 171 Å². The van der Waals surface area contributed by atoms with Crippen LogP contribution in [0.1, 0.15) is 93.4 Å². The average molecular weight is 393 g/mol. The maximum Gasteiger partial charge on any atom is 0.303 e. The third-order valence-electron chi connectivity index (χ3n) is 7.85. The molecule has 0 unspecified atom stereocenters. The van der Waals surface area contributed by atoms with Crippen molar-refractivity contribution in [3.8, 4) is 0 Å². The Morgan fingerprint density at radius 3 is 2.29 bits per heavy atom. The van der Waals surface area contributed by atoms with E-state index in [1.54, 1.807) is 6.08 Å². The lowest BCUT2D eigenvalue weighted by Gasteiger charge is -2.62. The average Bonchev–Trinajstić information content (AvgIpc) is 2.51. The van der Waals surface area contributed by atoms with Crippen molar-refractivity contribution in [1.29, 1.82) is 0 Å². The van der Waals surface area contributed by atoms with Gasteiger partial charge in [0.2, 0.25) is 0 Å². The van der Waals surface area contributed by atoms with Gasteiger partial charge in [-0.3, -0.25) is 9.59 Å². The number of fused-ring (bicyclic) bond motifs is 1. The first-order chi connectivity index (χ1) is 12.8. The molecule has 0 spiro atoms. The van der Waals surface area contributed by atoms with Gasteiger partial charge in [-0.1, -0.05) is 33.8 Å². The quantitative estimate of drug-likeness (QED) is 0.421. The van der Waals surface area contributed by atoms with E-state index in [0.717, 1.165) is 25.7 Å². The van der Waals surface area contributed by atoms with Gasteiger partial charge in [-0.15, -0.1) is 0 Å². The molecule has 0 radical (unpaired) electrons. The fraction of sp³-hybridized carbons (Fsp3) is 0.833. The lowest BCUT2D eigenvalue weighted by molar-refractivity contribution is -0.201. The Morgan fingerprint density at radius 1 is 1.11 bits per heavy atom. The second-order valence-electron chi connectivity index (χ2n) is 10.5. The van der Waals surface area contributed by atoms with Crippen LogP contribution in [0.3, 0.4) is 0 Å². The number of esters is 2. The zero-order chi connectivity index (χ0) is 21.4. The molecule has 0 heterocycles. The summed E-state index contributed by atoms with van der Waals surface area (Å²) in [4.78, 5) is 23.5. The molecular formula is C24H40O4. The number of carbonyl (C=O) groups is 2. The van der Waals surface area contributed by atoms with Crippen molar-refractivity contribution in [2.24, 2.45) is 22.7 Å². The Balaban J connectivity index is 2.37. The molecule has 2 rings (SSSR count). The smallest absolute Gasteiger partial charge is 0.303 e. The van der Waals surface area contributed by atoms with Gasteiger partial charge >= 0.3 is 11.9 Å². The van der Waals surface area contributed by atoms with Crippen LogP contribution in [0.4, 0.5) is 0 Å². The summed E-state index contributed by atoms with van der Waals surface area (Å²) in [6.07, 6.45) is 8.83. The summed E-state index contributed by atoms with van der Waals surface area (Å²) >= 11 is 0. The minimum atomic E-state index is -0.698. The van der Waals surface area contributed by atoms with Crippen molar-refractivity contribution in [2.75, 3.05) is 0 Å². The van der Waals surface area contributed by atoms with Crippen LogP contribution < -0.4 is 0 Å². The van der Waals surface area contributed by atoms with Crippen LogP contribution in [-0.2, 0) is 19.1 Å². The summed E-state index contributed by atoms with van der Waals surface area (Å²) in [5.41, 5.74) is -0.789. The maximum absolute atomic E-state index is 11.9. The van der Waals surface area contributed by atoms with E-state index in [2.05, 4.69) is 34.3 Å². The van der Waals surface area contributed by atoms with Crippen LogP contribution in [-0.4, -0.2) is 23.1 Å². The zero-order valence-corrected chi connectivity index (χ0v) is 19.0. The van der Waals surface area contributed by atoms with Gasteiger partial charge < -0.3 is 9.47 Å². The van der Waals surface area contributed by atoms with Gasteiger partial charge in [0.1, 0.15) is 11.2 Å². The van der Waals surface area contributed by atoms with Crippen molar-refractivity contribution in [3.63, 3.8) is 0 Å². The Morgan fingerprint density at radius 2 is 1.75 bits per heavy atom. The predicted octanol–water partition coefficient (Wildman–Crippen LogP) is 5.84. The standard InChI is InChI=1S/C24H40O4/c1-9-22(6,27-17(2)25)15-11-20-23(7)14-10-13-21(4,5)19(23)12-16-24(20,8)28-18(3)26/h9,19-20H,1,10-16H2,2-8H3/t19-,20+,22+,23-,24+/m1/s1. The molecule has 0 bridgehead atoms. The van der Waals surface area contributed by atoms with Gasteiger partial charge in [-0.05, 0) is 75.2 Å². The number of rotatable bonds is 6. The van der Waals surface area contributed by atoms with Gasteiger partial charge in [-0.25, -0.2) is 0 Å². The summed E-state index contributed by atoms with van der Waals surface area (Å²) in [6, 6.07) is 0. The Hall–Kier alpha value is -1.32. The van der Waals surface area contributed by atoms with Crippen LogP contribution in [0.25, 0.3) is 0 Å². The number of carbonyl (C=O) groups excluding carboxylic acids is 2. The maximum atomic E-state index is 11.9. The van der Waals surface area contributed by atoms with E-state index in [1.165, 1.54) is 26.7 Å². The Kier molecular flexibility index (Phi) is 6.43. The van der Waals surface area contributed by atoms with Crippen molar-refractivity contribution in [3.05, 3.63) is 12.7 Å². The molecule has 0 amide bonds. The van der Waals surface area contributed by atoms with Crippen molar-refractivity contribution >= 4 is 11.9 Å². The van der Waals surface area contributed by atoms with Crippen LogP contribution in [0.2, 0.25) is 0 Å². The molecule has 2 fully saturated rings. The lowest BCUT2D eigenvalue weighted by atomic mass is 9.45.